The van der Waals surface area contributed by atoms with Gasteiger partial charge in [0.2, 0.25) is 0 Å². The molecule has 0 fully saturated rings. The molecule has 58 valence electrons. The predicted molar refractivity (Wildman–Crippen MR) is 37.9 cm³/mol. The number of nitrogens with zero attached hydrogens (tertiary/aromatic N) is 2. The van der Waals surface area contributed by atoms with Gasteiger partial charge in [-0.25, -0.2) is 4.73 Å². The molecular formula is C7H8N2O2. The molecule has 11 heavy (non-hydrogen) atoms. The monoisotopic (exact) mass is 152 g/mol. The summed E-state index contributed by atoms with van der Waals surface area (Å²) in [5, 5.41) is 10.8. The Morgan fingerprint density at radius 1 is 1.73 bits per heavy atom. The van der Waals surface area contributed by atoms with Crippen molar-refractivity contribution in [3.8, 4) is 0 Å². The number of hydrogen-bond acceptors (Lipinski definition) is 3. The molecule has 0 aromatic carbocycles. The van der Waals surface area contributed by atoms with Gasteiger partial charge in [0.1, 0.15) is 11.8 Å². The molecule has 0 atom stereocenters. The predicted octanol–water partition coefficient (Wildman–Crippen LogP) is 0.226. The van der Waals surface area contributed by atoms with Crippen LogP contribution in [-0.4, -0.2) is 10.8 Å². The van der Waals surface area contributed by atoms with E-state index in [1.807, 2.05) is 0 Å². The number of carbonyl (C=O) groups excluding carboxylic acids is 1. The van der Waals surface area contributed by atoms with Gasteiger partial charge in [0, 0.05) is 6.92 Å². The van der Waals surface area contributed by atoms with Crippen LogP contribution in [0.4, 0.5) is 0 Å². The normalized spacial score (nSPS) is 9.64. The zero-order valence-electron chi connectivity index (χ0n) is 6.37. The molecule has 1 rings (SSSR count). The van der Waals surface area contributed by atoms with E-state index >= 15 is 0 Å². The number of aryl methyl sites for hydroxylation is 1. The third-order valence-electron chi connectivity index (χ3n) is 1.37. The minimum Gasteiger partial charge on any atom is -0.711 e. The van der Waals surface area contributed by atoms with E-state index in [4.69, 9.17) is 0 Å². The van der Waals surface area contributed by atoms with Gasteiger partial charge in [-0.15, -0.1) is 0 Å². The smallest absolute Gasteiger partial charge is 0.298 e. The summed E-state index contributed by atoms with van der Waals surface area (Å²) < 4.78 is 0.580. The van der Waals surface area contributed by atoms with Crippen molar-refractivity contribution in [1.29, 1.82) is 0 Å². The largest absolute Gasteiger partial charge is 0.711 e. The first kappa shape index (κ1) is 7.65. The maximum absolute atomic E-state index is 10.8. The molecular weight excluding hydrogens is 144 g/mol. The van der Waals surface area contributed by atoms with E-state index in [0.717, 1.165) is 0 Å². The van der Waals surface area contributed by atoms with Gasteiger partial charge in [-0.1, -0.05) is 4.98 Å². The van der Waals surface area contributed by atoms with Crippen molar-refractivity contribution in [2.45, 2.75) is 13.8 Å². The zero-order chi connectivity index (χ0) is 8.43. The number of Topliss-reactive ketones (excluding diaryl/α,β-unsaturated/α-hetero) is 1. The van der Waals surface area contributed by atoms with Crippen molar-refractivity contribution >= 4 is 5.78 Å². The molecule has 0 saturated heterocycles. The molecule has 4 nitrogen and oxygen atoms in total. The van der Waals surface area contributed by atoms with Crippen LogP contribution < -0.4 is 4.73 Å². The number of carbonyl (C=O) groups is 1. The third-order valence-corrected chi connectivity index (χ3v) is 1.37. The molecule has 0 bridgehead atoms. The van der Waals surface area contributed by atoms with Gasteiger partial charge >= 0.3 is 0 Å². The molecule has 0 N–H and O–H groups in total. The van der Waals surface area contributed by atoms with E-state index in [-0.39, 0.29) is 5.78 Å². The first-order chi connectivity index (χ1) is 5.11. The molecule has 1 heterocycles. The summed E-state index contributed by atoms with van der Waals surface area (Å²) in [6, 6.07) is 0. The lowest BCUT2D eigenvalue weighted by Crippen LogP contribution is -2.31. The first-order valence-electron chi connectivity index (χ1n) is 3.18. The fraction of sp³-hybridized carbons (Fsp3) is 0.286. The number of ketones is 1. The minimum atomic E-state index is -0.151. The SMILES string of the molecule is CC(=O)c1cnc(C)[n+]([O-])c1. The summed E-state index contributed by atoms with van der Waals surface area (Å²) in [4.78, 5) is 14.4. The highest BCUT2D eigenvalue weighted by Gasteiger charge is 2.05. The molecule has 0 amide bonds. The molecule has 4 heteroatoms. The Labute approximate surface area is 64.1 Å². The van der Waals surface area contributed by atoms with Crippen molar-refractivity contribution in [1.82, 2.24) is 4.98 Å². The fourth-order valence-electron chi connectivity index (χ4n) is 0.655. The molecule has 0 aliphatic rings. The summed E-state index contributed by atoms with van der Waals surface area (Å²) in [7, 11) is 0. The highest BCUT2D eigenvalue weighted by atomic mass is 16.5. The Hall–Kier alpha value is -1.45. The molecule has 1 aromatic rings. The highest BCUT2D eigenvalue weighted by molar-refractivity contribution is 5.93. The zero-order valence-corrected chi connectivity index (χ0v) is 6.37. The Bertz CT molecular complexity index is 296. The summed E-state index contributed by atoms with van der Waals surface area (Å²) in [6.45, 7) is 2.98. The van der Waals surface area contributed by atoms with E-state index in [1.54, 1.807) is 6.92 Å². The second-order valence-electron chi connectivity index (χ2n) is 2.27. The Morgan fingerprint density at radius 2 is 2.36 bits per heavy atom. The van der Waals surface area contributed by atoms with Crippen molar-refractivity contribution in [3.63, 3.8) is 0 Å². The average molecular weight is 152 g/mol. The second kappa shape index (κ2) is 2.65. The van der Waals surface area contributed by atoms with E-state index in [0.29, 0.717) is 16.1 Å². The topological polar surface area (TPSA) is 56.9 Å². The summed E-state index contributed by atoms with van der Waals surface area (Å²) in [5.74, 6) is 0.192. The molecule has 0 saturated carbocycles. The van der Waals surface area contributed by atoms with Gasteiger partial charge in [0.05, 0.1) is 0 Å². The van der Waals surface area contributed by atoms with Crippen molar-refractivity contribution in [2.75, 3.05) is 0 Å². The van der Waals surface area contributed by atoms with Crippen molar-refractivity contribution in [2.24, 2.45) is 0 Å². The molecule has 0 spiro atoms. The van der Waals surface area contributed by atoms with Crippen LogP contribution in [0.5, 0.6) is 0 Å². The van der Waals surface area contributed by atoms with Crippen LogP contribution in [-0.2, 0) is 0 Å². The van der Waals surface area contributed by atoms with Crippen LogP contribution in [0.25, 0.3) is 0 Å². The van der Waals surface area contributed by atoms with Gasteiger partial charge in [-0.3, -0.25) is 4.79 Å². The summed E-state index contributed by atoms with van der Waals surface area (Å²) in [5.41, 5.74) is 0.339. The number of rotatable bonds is 1. The minimum absolute atomic E-state index is 0.151. The summed E-state index contributed by atoms with van der Waals surface area (Å²) in [6.07, 6.45) is 2.62. The highest BCUT2D eigenvalue weighted by Crippen LogP contribution is 1.93. The van der Waals surface area contributed by atoms with Gasteiger partial charge in [0.15, 0.2) is 12.0 Å². The number of hydrogen-bond donors (Lipinski definition) is 0. The van der Waals surface area contributed by atoms with Crippen LogP contribution in [0.3, 0.4) is 0 Å². The van der Waals surface area contributed by atoms with Crippen LogP contribution in [0.1, 0.15) is 23.1 Å². The van der Waals surface area contributed by atoms with Crippen LogP contribution in [0.2, 0.25) is 0 Å². The van der Waals surface area contributed by atoms with E-state index in [1.165, 1.54) is 19.3 Å². The Morgan fingerprint density at radius 3 is 2.82 bits per heavy atom. The Kier molecular flexibility index (Phi) is 1.85. The second-order valence-corrected chi connectivity index (χ2v) is 2.27. The maximum atomic E-state index is 10.8. The maximum Gasteiger partial charge on any atom is 0.298 e. The quantitative estimate of drug-likeness (QED) is 0.328. The van der Waals surface area contributed by atoms with Crippen LogP contribution in [0.15, 0.2) is 12.4 Å². The summed E-state index contributed by atoms with van der Waals surface area (Å²) >= 11 is 0. The average Bonchev–Trinajstić information content (AvgIpc) is 1.94. The lowest BCUT2D eigenvalue weighted by Gasteiger charge is -2.01. The Balaban J connectivity index is 3.15. The third kappa shape index (κ3) is 1.52. The standard InChI is InChI=1S/C7H8N2O2/c1-5(10)7-3-8-6(2)9(11)4-7/h3-4H,1-2H3. The molecule has 0 aliphatic carbocycles. The fourth-order valence-corrected chi connectivity index (χ4v) is 0.655. The van der Waals surface area contributed by atoms with E-state index in [2.05, 4.69) is 4.98 Å². The molecule has 0 unspecified atom stereocenters. The van der Waals surface area contributed by atoms with E-state index < -0.39 is 0 Å². The van der Waals surface area contributed by atoms with Crippen molar-refractivity contribution in [3.05, 3.63) is 29.0 Å². The molecule has 0 radical (unpaired) electrons. The van der Waals surface area contributed by atoms with Gasteiger partial charge < -0.3 is 5.21 Å². The van der Waals surface area contributed by atoms with Gasteiger partial charge in [-0.2, -0.15) is 0 Å². The van der Waals surface area contributed by atoms with Crippen LogP contribution in [0, 0.1) is 12.1 Å². The van der Waals surface area contributed by atoms with E-state index in [9.17, 15) is 10.0 Å². The molecule has 1 aromatic heterocycles. The number of aromatic nitrogens is 2. The lowest BCUT2D eigenvalue weighted by molar-refractivity contribution is -0.616. The van der Waals surface area contributed by atoms with Gasteiger partial charge in [-0.05, 0) is 6.92 Å². The molecule has 0 aliphatic heterocycles. The first-order valence-corrected chi connectivity index (χ1v) is 3.18. The lowest BCUT2D eigenvalue weighted by atomic mass is 10.2. The van der Waals surface area contributed by atoms with Crippen LogP contribution >= 0.6 is 0 Å². The van der Waals surface area contributed by atoms with Gasteiger partial charge in [0.25, 0.3) is 5.82 Å². The van der Waals surface area contributed by atoms with Crippen molar-refractivity contribution < 1.29 is 9.52 Å².